The highest BCUT2D eigenvalue weighted by Crippen LogP contribution is 2.32. The van der Waals surface area contributed by atoms with Crippen LogP contribution < -0.4 is 9.47 Å². The lowest BCUT2D eigenvalue weighted by atomic mass is 10.2. The SMILES string of the molecule is CSc1ccc(CN(C)C(=O)/C=C/c2ccc3c(c2)OCO3)cc1. The number of amides is 1. The monoisotopic (exact) mass is 341 g/mol. The van der Waals surface area contributed by atoms with Crippen molar-refractivity contribution in [2.24, 2.45) is 0 Å². The van der Waals surface area contributed by atoms with Crippen LogP contribution in [0.5, 0.6) is 11.5 Å². The van der Waals surface area contributed by atoms with Crippen molar-refractivity contribution >= 4 is 23.7 Å². The van der Waals surface area contributed by atoms with Crippen LogP contribution in [0, 0.1) is 0 Å². The fourth-order valence-electron chi connectivity index (χ4n) is 2.39. The van der Waals surface area contributed by atoms with Gasteiger partial charge in [0.1, 0.15) is 0 Å². The van der Waals surface area contributed by atoms with Crippen LogP contribution in [0.25, 0.3) is 6.08 Å². The van der Waals surface area contributed by atoms with E-state index in [0.717, 1.165) is 16.9 Å². The van der Waals surface area contributed by atoms with Crippen molar-refractivity contribution in [3.8, 4) is 11.5 Å². The predicted molar refractivity (Wildman–Crippen MR) is 96.3 cm³/mol. The smallest absolute Gasteiger partial charge is 0.246 e. The van der Waals surface area contributed by atoms with Gasteiger partial charge in [0.05, 0.1) is 0 Å². The van der Waals surface area contributed by atoms with Gasteiger partial charge in [-0.15, -0.1) is 11.8 Å². The van der Waals surface area contributed by atoms with E-state index in [1.165, 1.54) is 4.90 Å². The molecule has 2 aromatic rings. The molecule has 0 saturated carbocycles. The summed E-state index contributed by atoms with van der Waals surface area (Å²) in [4.78, 5) is 15.2. The molecule has 1 heterocycles. The second-order valence-electron chi connectivity index (χ2n) is 5.49. The number of hydrogen-bond acceptors (Lipinski definition) is 4. The summed E-state index contributed by atoms with van der Waals surface area (Å²) in [6.07, 6.45) is 5.41. The summed E-state index contributed by atoms with van der Waals surface area (Å²) in [6, 6.07) is 13.9. The summed E-state index contributed by atoms with van der Waals surface area (Å²) in [5.41, 5.74) is 2.02. The van der Waals surface area contributed by atoms with Crippen molar-refractivity contribution in [1.82, 2.24) is 4.90 Å². The minimum atomic E-state index is -0.0402. The highest BCUT2D eigenvalue weighted by Gasteiger charge is 2.12. The van der Waals surface area contributed by atoms with Crippen molar-refractivity contribution in [3.05, 3.63) is 59.7 Å². The average Bonchev–Trinajstić information content (AvgIpc) is 3.08. The fraction of sp³-hybridized carbons (Fsp3) is 0.211. The molecule has 0 N–H and O–H groups in total. The Morgan fingerprint density at radius 1 is 1.17 bits per heavy atom. The number of likely N-dealkylation sites (N-methyl/N-ethyl adjacent to an activating group) is 1. The zero-order valence-electron chi connectivity index (χ0n) is 13.7. The van der Waals surface area contributed by atoms with E-state index in [9.17, 15) is 4.79 Å². The van der Waals surface area contributed by atoms with E-state index >= 15 is 0 Å². The van der Waals surface area contributed by atoms with E-state index in [4.69, 9.17) is 9.47 Å². The number of carbonyl (C=O) groups excluding carboxylic acids is 1. The lowest BCUT2D eigenvalue weighted by molar-refractivity contribution is -0.125. The molecule has 5 heteroatoms. The van der Waals surface area contributed by atoms with Crippen LogP contribution in [-0.2, 0) is 11.3 Å². The minimum Gasteiger partial charge on any atom is -0.454 e. The van der Waals surface area contributed by atoms with E-state index in [1.54, 1.807) is 35.9 Å². The lowest BCUT2D eigenvalue weighted by Gasteiger charge is -2.15. The maximum absolute atomic E-state index is 12.3. The summed E-state index contributed by atoms with van der Waals surface area (Å²) in [5.74, 6) is 1.41. The van der Waals surface area contributed by atoms with Gasteiger partial charge in [-0.05, 0) is 47.7 Å². The van der Waals surface area contributed by atoms with Gasteiger partial charge in [-0.2, -0.15) is 0 Å². The number of hydrogen-bond donors (Lipinski definition) is 0. The molecule has 24 heavy (non-hydrogen) atoms. The Bertz CT molecular complexity index is 756. The molecule has 1 amide bonds. The van der Waals surface area contributed by atoms with Crippen LogP contribution >= 0.6 is 11.8 Å². The summed E-state index contributed by atoms with van der Waals surface area (Å²) in [5, 5.41) is 0. The first-order chi connectivity index (χ1) is 11.7. The number of fused-ring (bicyclic) bond motifs is 1. The molecule has 0 fully saturated rings. The second kappa shape index (κ2) is 7.45. The molecule has 3 rings (SSSR count). The van der Waals surface area contributed by atoms with Crippen molar-refractivity contribution < 1.29 is 14.3 Å². The van der Waals surface area contributed by atoms with E-state index in [0.29, 0.717) is 12.3 Å². The highest BCUT2D eigenvalue weighted by atomic mass is 32.2. The van der Waals surface area contributed by atoms with Gasteiger partial charge < -0.3 is 14.4 Å². The van der Waals surface area contributed by atoms with Gasteiger partial charge in [-0.1, -0.05) is 18.2 Å². The van der Waals surface area contributed by atoms with Crippen molar-refractivity contribution in [1.29, 1.82) is 0 Å². The Balaban J connectivity index is 1.60. The molecule has 0 atom stereocenters. The third-order valence-electron chi connectivity index (χ3n) is 3.77. The van der Waals surface area contributed by atoms with Gasteiger partial charge in [0.15, 0.2) is 11.5 Å². The summed E-state index contributed by atoms with van der Waals surface area (Å²) in [6.45, 7) is 0.832. The Kier molecular flexibility index (Phi) is 5.11. The number of carbonyl (C=O) groups is 1. The number of ether oxygens (including phenoxy) is 2. The van der Waals surface area contributed by atoms with E-state index < -0.39 is 0 Å². The first-order valence-corrected chi connectivity index (χ1v) is 8.84. The fourth-order valence-corrected chi connectivity index (χ4v) is 2.80. The summed E-state index contributed by atoms with van der Waals surface area (Å²) >= 11 is 1.71. The Labute approximate surface area is 146 Å². The molecule has 4 nitrogen and oxygen atoms in total. The van der Waals surface area contributed by atoms with Crippen LogP contribution in [0.4, 0.5) is 0 Å². The van der Waals surface area contributed by atoms with Crippen LogP contribution in [0.3, 0.4) is 0 Å². The van der Waals surface area contributed by atoms with Crippen LogP contribution in [0.2, 0.25) is 0 Å². The molecule has 0 unspecified atom stereocenters. The maximum atomic E-state index is 12.3. The highest BCUT2D eigenvalue weighted by molar-refractivity contribution is 7.98. The summed E-state index contributed by atoms with van der Waals surface area (Å²) in [7, 11) is 1.80. The minimum absolute atomic E-state index is 0.0402. The molecule has 1 aliphatic rings. The molecule has 0 aromatic heterocycles. The number of thioether (sulfide) groups is 1. The second-order valence-corrected chi connectivity index (χ2v) is 6.37. The van der Waals surface area contributed by atoms with Crippen LogP contribution in [0.15, 0.2) is 53.4 Å². The van der Waals surface area contributed by atoms with Gasteiger partial charge in [-0.3, -0.25) is 4.79 Å². The molecule has 0 spiro atoms. The number of rotatable bonds is 5. The van der Waals surface area contributed by atoms with Gasteiger partial charge in [-0.25, -0.2) is 0 Å². The first-order valence-electron chi connectivity index (χ1n) is 7.61. The van der Waals surface area contributed by atoms with E-state index in [2.05, 4.69) is 24.3 Å². The first kappa shape index (κ1) is 16.5. The van der Waals surface area contributed by atoms with E-state index in [1.807, 2.05) is 24.5 Å². The van der Waals surface area contributed by atoms with Gasteiger partial charge in [0.25, 0.3) is 0 Å². The Morgan fingerprint density at radius 2 is 1.92 bits per heavy atom. The zero-order chi connectivity index (χ0) is 16.9. The Hall–Kier alpha value is -2.40. The third-order valence-corrected chi connectivity index (χ3v) is 4.51. The van der Waals surface area contributed by atoms with Crippen molar-refractivity contribution in [2.45, 2.75) is 11.4 Å². The predicted octanol–water partition coefficient (Wildman–Crippen LogP) is 3.81. The molecular weight excluding hydrogens is 322 g/mol. The standard InChI is InChI=1S/C19H19NO3S/c1-20(12-15-3-7-16(24-2)8-4-15)19(21)10-6-14-5-9-17-18(11-14)23-13-22-17/h3-11H,12-13H2,1-2H3/b10-6+. The zero-order valence-corrected chi connectivity index (χ0v) is 14.5. The Morgan fingerprint density at radius 3 is 2.67 bits per heavy atom. The molecule has 1 aliphatic heterocycles. The quantitative estimate of drug-likeness (QED) is 0.612. The largest absolute Gasteiger partial charge is 0.454 e. The van der Waals surface area contributed by atoms with E-state index in [-0.39, 0.29) is 12.7 Å². The molecule has 0 bridgehead atoms. The molecule has 0 radical (unpaired) electrons. The topological polar surface area (TPSA) is 38.8 Å². The molecular formula is C19H19NO3S. The lowest BCUT2D eigenvalue weighted by Crippen LogP contribution is -2.24. The molecule has 124 valence electrons. The van der Waals surface area contributed by atoms with Gasteiger partial charge in [0.2, 0.25) is 12.7 Å². The average molecular weight is 341 g/mol. The van der Waals surface area contributed by atoms with Crippen LogP contribution in [0.1, 0.15) is 11.1 Å². The summed E-state index contributed by atoms with van der Waals surface area (Å²) < 4.78 is 10.6. The van der Waals surface area contributed by atoms with Crippen molar-refractivity contribution in [3.63, 3.8) is 0 Å². The molecule has 0 saturated heterocycles. The normalized spacial score (nSPS) is 12.6. The van der Waals surface area contributed by atoms with Crippen LogP contribution in [-0.4, -0.2) is 30.9 Å². The number of benzene rings is 2. The van der Waals surface area contributed by atoms with Crippen molar-refractivity contribution in [2.75, 3.05) is 20.1 Å². The molecule has 2 aromatic carbocycles. The number of nitrogens with zero attached hydrogens (tertiary/aromatic N) is 1. The maximum Gasteiger partial charge on any atom is 0.246 e. The molecule has 0 aliphatic carbocycles. The van der Waals surface area contributed by atoms with Gasteiger partial charge in [0, 0.05) is 24.6 Å². The van der Waals surface area contributed by atoms with Gasteiger partial charge >= 0.3 is 0 Å². The third kappa shape index (κ3) is 3.92.